The van der Waals surface area contributed by atoms with E-state index in [1.165, 1.54) is 11.8 Å². The van der Waals surface area contributed by atoms with Gasteiger partial charge in [-0.15, -0.1) is 0 Å². The molecule has 0 saturated carbocycles. The number of hydrogen-bond donors (Lipinski definition) is 2. The molecule has 0 aliphatic carbocycles. The van der Waals surface area contributed by atoms with E-state index in [9.17, 15) is 9.59 Å². The Morgan fingerprint density at radius 2 is 1.71 bits per heavy atom. The van der Waals surface area contributed by atoms with Crippen LogP contribution in [0.4, 0.5) is 5.69 Å². The minimum absolute atomic E-state index is 0.178. The molecule has 0 aliphatic heterocycles. The molecule has 7 heteroatoms. The van der Waals surface area contributed by atoms with Gasteiger partial charge in [0, 0.05) is 22.5 Å². The Morgan fingerprint density at radius 1 is 1.04 bits per heavy atom. The molecular formula is C21H20N4O2S. The summed E-state index contributed by atoms with van der Waals surface area (Å²) in [5.74, 6) is -0.684. The second-order valence-electron chi connectivity index (χ2n) is 6.23. The van der Waals surface area contributed by atoms with E-state index in [-0.39, 0.29) is 5.91 Å². The van der Waals surface area contributed by atoms with E-state index in [0.29, 0.717) is 16.4 Å². The van der Waals surface area contributed by atoms with Crippen LogP contribution in [0.1, 0.15) is 23.0 Å². The smallest absolute Gasteiger partial charge is 0.248 e. The predicted molar refractivity (Wildman–Crippen MR) is 111 cm³/mol. The van der Waals surface area contributed by atoms with Gasteiger partial charge in [0.05, 0.1) is 10.9 Å². The first-order valence-corrected chi connectivity index (χ1v) is 9.59. The van der Waals surface area contributed by atoms with E-state index >= 15 is 0 Å². The van der Waals surface area contributed by atoms with Crippen molar-refractivity contribution in [2.45, 2.75) is 24.3 Å². The van der Waals surface area contributed by atoms with Crippen molar-refractivity contribution in [2.75, 3.05) is 5.32 Å². The highest BCUT2D eigenvalue weighted by Gasteiger charge is 2.17. The molecule has 3 aromatic rings. The normalized spacial score (nSPS) is 11.6. The van der Waals surface area contributed by atoms with Crippen LogP contribution in [-0.4, -0.2) is 27.0 Å². The zero-order valence-electron chi connectivity index (χ0n) is 15.5. The molecule has 1 heterocycles. The second-order valence-corrected chi connectivity index (χ2v) is 7.54. The lowest BCUT2D eigenvalue weighted by atomic mass is 10.1. The number of aryl methyl sites for hydroxylation is 1. The lowest BCUT2D eigenvalue weighted by Crippen LogP contribution is -2.22. The molecule has 0 radical (unpaired) electrons. The Hall–Kier alpha value is -3.19. The standard InChI is InChI=1S/C21H20N4O2S/c1-13-12-18(15-6-4-3-5-7-15)25-21(23-13)28-14(2)20(27)24-17-10-8-16(9-11-17)19(22)26/h3-12,14H,1-2H3,(H2,22,26)(H,24,27)/t14-/m0/s1. The van der Waals surface area contributed by atoms with Crippen molar-refractivity contribution in [1.82, 2.24) is 9.97 Å². The Kier molecular flexibility index (Phi) is 6.06. The molecule has 0 spiro atoms. The number of primary amides is 1. The van der Waals surface area contributed by atoms with E-state index in [1.54, 1.807) is 31.2 Å². The summed E-state index contributed by atoms with van der Waals surface area (Å²) in [5.41, 5.74) is 8.87. The predicted octanol–water partition coefficient (Wildman–Crippen LogP) is 3.67. The van der Waals surface area contributed by atoms with Crippen molar-refractivity contribution >= 4 is 29.3 Å². The Labute approximate surface area is 167 Å². The fourth-order valence-corrected chi connectivity index (χ4v) is 3.35. The molecular weight excluding hydrogens is 372 g/mol. The van der Waals surface area contributed by atoms with Gasteiger partial charge in [-0.2, -0.15) is 0 Å². The highest BCUT2D eigenvalue weighted by molar-refractivity contribution is 8.00. The first-order chi connectivity index (χ1) is 13.4. The van der Waals surface area contributed by atoms with E-state index < -0.39 is 11.2 Å². The molecule has 28 heavy (non-hydrogen) atoms. The van der Waals surface area contributed by atoms with Crippen molar-refractivity contribution in [3.63, 3.8) is 0 Å². The summed E-state index contributed by atoms with van der Waals surface area (Å²) in [7, 11) is 0. The average Bonchev–Trinajstić information content (AvgIpc) is 2.68. The Bertz CT molecular complexity index is 991. The first kappa shape index (κ1) is 19.6. The quantitative estimate of drug-likeness (QED) is 0.493. The summed E-state index contributed by atoms with van der Waals surface area (Å²) >= 11 is 1.29. The number of nitrogens with one attached hydrogen (secondary N) is 1. The van der Waals surface area contributed by atoms with Gasteiger partial charge in [-0.05, 0) is 44.2 Å². The van der Waals surface area contributed by atoms with Crippen LogP contribution in [0.25, 0.3) is 11.3 Å². The van der Waals surface area contributed by atoms with Crippen LogP contribution in [-0.2, 0) is 4.79 Å². The first-order valence-electron chi connectivity index (χ1n) is 8.71. The largest absolute Gasteiger partial charge is 0.366 e. The van der Waals surface area contributed by atoms with Gasteiger partial charge in [0.25, 0.3) is 0 Å². The van der Waals surface area contributed by atoms with Gasteiger partial charge >= 0.3 is 0 Å². The summed E-state index contributed by atoms with van der Waals surface area (Å²) in [6.45, 7) is 3.70. The lowest BCUT2D eigenvalue weighted by Gasteiger charge is -2.12. The molecule has 3 rings (SSSR count). The van der Waals surface area contributed by atoms with Gasteiger partial charge in [-0.25, -0.2) is 9.97 Å². The van der Waals surface area contributed by atoms with Crippen molar-refractivity contribution in [2.24, 2.45) is 5.73 Å². The van der Waals surface area contributed by atoms with Gasteiger partial charge < -0.3 is 11.1 Å². The number of nitrogens with two attached hydrogens (primary N) is 1. The SMILES string of the molecule is Cc1cc(-c2ccccc2)nc(S[C@@H](C)C(=O)Nc2ccc(C(N)=O)cc2)n1. The van der Waals surface area contributed by atoms with Crippen molar-refractivity contribution in [3.8, 4) is 11.3 Å². The maximum Gasteiger partial charge on any atom is 0.248 e. The molecule has 2 amide bonds. The fraction of sp³-hybridized carbons (Fsp3) is 0.143. The second kappa shape index (κ2) is 8.67. The van der Waals surface area contributed by atoms with E-state index in [1.807, 2.05) is 43.3 Å². The van der Waals surface area contributed by atoms with Gasteiger partial charge in [-0.3, -0.25) is 9.59 Å². The Morgan fingerprint density at radius 3 is 2.36 bits per heavy atom. The molecule has 0 unspecified atom stereocenters. The molecule has 0 aliphatic rings. The van der Waals surface area contributed by atoms with E-state index in [2.05, 4.69) is 15.3 Å². The van der Waals surface area contributed by atoms with Gasteiger partial charge in [0.15, 0.2) is 5.16 Å². The van der Waals surface area contributed by atoms with Crippen LogP contribution < -0.4 is 11.1 Å². The van der Waals surface area contributed by atoms with Crippen molar-refractivity contribution in [3.05, 3.63) is 71.9 Å². The number of carbonyl (C=O) groups excluding carboxylic acids is 2. The van der Waals surface area contributed by atoms with Crippen LogP contribution in [0, 0.1) is 6.92 Å². The summed E-state index contributed by atoms with van der Waals surface area (Å²) in [6, 6.07) is 18.2. The molecule has 0 fully saturated rings. The van der Waals surface area contributed by atoms with Crippen LogP contribution in [0.15, 0.2) is 65.8 Å². The number of carbonyl (C=O) groups is 2. The number of aromatic nitrogens is 2. The number of benzene rings is 2. The molecule has 0 saturated heterocycles. The number of anilines is 1. The molecule has 0 bridgehead atoms. The molecule has 2 aromatic carbocycles. The maximum atomic E-state index is 12.5. The lowest BCUT2D eigenvalue weighted by molar-refractivity contribution is -0.115. The number of nitrogens with zero attached hydrogens (tertiary/aromatic N) is 2. The van der Waals surface area contributed by atoms with Crippen molar-refractivity contribution < 1.29 is 9.59 Å². The molecule has 6 nitrogen and oxygen atoms in total. The summed E-state index contributed by atoms with van der Waals surface area (Å²) in [6.07, 6.45) is 0. The van der Waals surface area contributed by atoms with E-state index in [0.717, 1.165) is 17.0 Å². The number of thioether (sulfide) groups is 1. The molecule has 1 aromatic heterocycles. The summed E-state index contributed by atoms with van der Waals surface area (Å²) in [5, 5.41) is 2.97. The number of rotatable bonds is 6. The molecule has 1 atom stereocenters. The van der Waals surface area contributed by atoms with Crippen LogP contribution in [0.2, 0.25) is 0 Å². The van der Waals surface area contributed by atoms with E-state index in [4.69, 9.17) is 5.73 Å². The third-order valence-electron chi connectivity index (χ3n) is 3.99. The van der Waals surface area contributed by atoms with Crippen LogP contribution in [0.3, 0.4) is 0 Å². The highest BCUT2D eigenvalue weighted by atomic mass is 32.2. The third kappa shape index (κ3) is 4.95. The number of amides is 2. The summed E-state index contributed by atoms with van der Waals surface area (Å²) < 4.78 is 0. The highest BCUT2D eigenvalue weighted by Crippen LogP contribution is 2.25. The fourth-order valence-electron chi connectivity index (χ4n) is 2.52. The molecule has 142 valence electrons. The van der Waals surface area contributed by atoms with Gasteiger partial charge in [-0.1, -0.05) is 42.1 Å². The average molecular weight is 392 g/mol. The zero-order valence-corrected chi connectivity index (χ0v) is 16.4. The molecule has 3 N–H and O–H groups in total. The zero-order chi connectivity index (χ0) is 20.1. The minimum Gasteiger partial charge on any atom is -0.366 e. The van der Waals surface area contributed by atoms with Gasteiger partial charge in [0.2, 0.25) is 11.8 Å². The maximum absolute atomic E-state index is 12.5. The van der Waals surface area contributed by atoms with Gasteiger partial charge in [0.1, 0.15) is 0 Å². The summed E-state index contributed by atoms with van der Waals surface area (Å²) in [4.78, 5) is 32.6. The Balaban J connectivity index is 1.70. The topological polar surface area (TPSA) is 98.0 Å². The minimum atomic E-state index is -0.507. The van der Waals surface area contributed by atoms with Crippen molar-refractivity contribution in [1.29, 1.82) is 0 Å². The third-order valence-corrected chi connectivity index (χ3v) is 4.95. The monoisotopic (exact) mass is 392 g/mol. The van der Waals surface area contributed by atoms with Crippen LogP contribution >= 0.6 is 11.8 Å². The van der Waals surface area contributed by atoms with Crippen LogP contribution in [0.5, 0.6) is 0 Å². The number of hydrogen-bond acceptors (Lipinski definition) is 5.